The van der Waals surface area contributed by atoms with Gasteiger partial charge < -0.3 is 5.73 Å². The molecule has 1 aliphatic rings. The van der Waals surface area contributed by atoms with Gasteiger partial charge in [0.25, 0.3) is 0 Å². The molecule has 1 aromatic carbocycles. The lowest BCUT2D eigenvalue weighted by molar-refractivity contribution is 0.202. The van der Waals surface area contributed by atoms with Gasteiger partial charge in [-0.1, -0.05) is 25.5 Å². The Morgan fingerprint density at radius 1 is 1.40 bits per heavy atom. The third-order valence-corrected chi connectivity index (χ3v) is 3.37. The van der Waals surface area contributed by atoms with E-state index < -0.39 is 0 Å². The zero-order valence-electron chi connectivity index (χ0n) is 9.66. The molecule has 0 aromatic heterocycles. The van der Waals surface area contributed by atoms with E-state index in [1.807, 2.05) is 6.07 Å². The van der Waals surface area contributed by atoms with Crippen LogP contribution in [0.5, 0.6) is 0 Å². The fourth-order valence-corrected chi connectivity index (χ4v) is 2.39. The van der Waals surface area contributed by atoms with E-state index in [9.17, 15) is 0 Å². The first-order valence-corrected chi connectivity index (χ1v) is 5.82. The minimum Gasteiger partial charge on any atom is -0.398 e. The second kappa shape index (κ2) is 4.23. The Morgan fingerprint density at radius 2 is 2.20 bits per heavy atom. The van der Waals surface area contributed by atoms with E-state index >= 15 is 0 Å². The largest absolute Gasteiger partial charge is 0.398 e. The molecule has 0 bridgehead atoms. The van der Waals surface area contributed by atoms with Crippen molar-refractivity contribution in [1.82, 2.24) is 4.90 Å². The lowest BCUT2D eigenvalue weighted by Gasteiger charge is -2.23. The van der Waals surface area contributed by atoms with Crippen molar-refractivity contribution in [3.63, 3.8) is 0 Å². The standard InChI is InChI=1S/C13H20N2/c1-3-5-10(2)15-8-11-6-4-7-13(14)12(11)9-15/h4,6-7,10H,3,5,8-9,14H2,1-2H3. The van der Waals surface area contributed by atoms with Gasteiger partial charge >= 0.3 is 0 Å². The summed E-state index contributed by atoms with van der Waals surface area (Å²) in [5.41, 5.74) is 9.70. The van der Waals surface area contributed by atoms with Gasteiger partial charge in [0, 0.05) is 24.8 Å². The van der Waals surface area contributed by atoms with E-state index in [1.165, 1.54) is 24.0 Å². The Balaban J connectivity index is 2.12. The average Bonchev–Trinajstić information content (AvgIpc) is 2.63. The van der Waals surface area contributed by atoms with Crippen LogP contribution in [0.2, 0.25) is 0 Å². The van der Waals surface area contributed by atoms with Gasteiger partial charge in [-0.25, -0.2) is 0 Å². The summed E-state index contributed by atoms with van der Waals surface area (Å²) in [5.74, 6) is 0. The molecule has 2 rings (SSSR count). The number of anilines is 1. The molecule has 0 radical (unpaired) electrons. The Morgan fingerprint density at radius 3 is 2.87 bits per heavy atom. The summed E-state index contributed by atoms with van der Waals surface area (Å²) in [4.78, 5) is 2.52. The fourth-order valence-electron chi connectivity index (χ4n) is 2.39. The van der Waals surface area contributed by atoms with Gasteiger partial charge in [0.05, 0.1) is 0 Å². The minimum absolute atomic E-state index is 0.668. The highest BCUT2D eigenvalue weighted by Gasteiger charge is 2.23. The Kier molecular flexibility index (Phi) is 2.96. The summed E-state index contributed by atoms with van der Waals surface area (Å²) < 4.78 is 0. The highest BCUT2D eigenvalue weighted by molar-refractivity contribution is 5.52. The maximum Gasteiger partial charge on any atom is 0.0363 e. The van der Waals surface area contributed by atoms with Crippen LogP contribution in [0.1, 0.15) is 37.8 Å². The molecule has 0 fully saturated rings. The van der Waals surface area contributed by atoms with Gasteiger partial charge in [-0.3, -0.25) is 4.90 Å². The van der Waals surface area contributed by atoms with Crippen molar-refractivity contribution in [3.8, 4) is 0 Å². The maximum atomic E-state index is 5.98. The normalized spacial score (nSPS) is 17.7. The predicted octanol–water partition coefficient (Wildman–Crippen LogP) is 2.77. The minimum atomic E-state index is 0.668. The second-order valence-electron chi connectivity index (χ2n) is 4.53. The molecule has 82 valence electrons. The number of nitrogens with two attached hydrogens (primary N) is 1. The molecule has 2 heteroatoms. The van der Waals surface area contributed by atoms with Crippen LogP contribution < -0.4 is 5.73 Å². The predicted molar refractivity (Wildman–Crippen MR) is 64.5 cm³/mol. The van der Waals surface area contributed by atoms with E-state index in [2.05, 4.69) is 30.9 Å². The number of nitrogens with zero attached hydrogens (tertiary/aromatic N) is 1. The van der Waals surface area contributed by atoms with Crippen LogP contribution in [-0.4, -0.2) is 10.9 Å². The lowest BCUT2D eigenvalue weighted by Crippen LogP contribution is -2.27. The van der Waals surface area contributed by atoms with E-state index in [-0.39, 0.29) is 0 Å². The first-order chi connectivity index (χ1) is 7.22. The van der Waals surface area contributed by atoms with Crippen molar-refractivity contribution < 1.29 is 0 Å². The third-order valence-electron chi connectivity index (χ3n) is 3.37. The van der Waals surface area contributed by atoms with Crippen molar-refractivity contribution in [2.24, 2.45) is 0 Å². The van der Waals surface area contributed by atoms with Crippen molar-refractivity contribution in [2.45, 2.75) is 45.8 Å². The Labute approximate surface area is 92.1 Å². The topological polar surface area (TPSA) is 29.3 Å². The molecule has 0 saturated carbocycles. The quantitative estimate of drug-likeness (QED) is 0.767. The first kappa shape index (κ1) is 10.5. The summed E-state index contributed by atoms with van der Waals surface area (Å²) in [5, 5.41) is 0. The van der Waals surface area contributed by atoms with Crippen molar-refractivity contribution >= 4 is 5.69 Å². The van der Waals surface area contributed by atoms with Crippen LogP contribution in [0, 0.1) is 0 Å². The summed E-state index contributed by atoms with van der Waals surface area (Å²) in [7, 11) is 0. The van der Waals surface area contributed by atoms with Crippen LogP contribution in [0.3, 0.4) is 0 Å². The monoisotopic (exact) mass is 204 g/mol. The van der Waals surface area contributed by atoms with Crippen molar-refractivity contribution in [1.29, 1.82) is 0 Å². The number of fused-ring (bicyclic) bond motifs is 1. The second-order valence-corrected chi connectivity index (χ2v) is 4.53. The van der Waals surface area contributed by atoms with Crippen LogP contribution >= 0.6 is 0 Å². The van der Waals surface area contributed by atoms with Gasteiger partial charge in [0.2, 0.25) is 0 Å². The fraction of sp³-hybridized carbons (Fsp3) is 0.538. The molecular weight excluding hydrogens is 184 g/mol. The van der Waals surface area contributed by atoms with Crippen LogP contribution in [0.15, 0.2) is 18.2 Å². The number of hydrogen-bond acceptors (Lipinski definition) is 2. The summed E-state index contributed by atoms with van der Waals surface area (Å²) >= 11 is 0. The number of benzene rings is 1. The van der Waals surface area contributed by atoms with Gasteiger partial charge in [-0.05, 0) is 30.5 Å². The zero-order chi connectivity index (χ0) is 10.8. The first-order valence-electron chi connectivity index (χ1n) is 5.82. The van der Waals surface area contributed by atoms with Crippen LogP contribution in [0.25, 0.3) is 0 Å². The van der Waals surface area contributed by atoms with Crippen LogP contribution in [0.4, 0.5) is 5.69 Å². The van der Waals surface area contributed by atoms with E-state index in [4.69, 9.17) is 5.73 Å². The van der Waals surface area contributed by atoms with Gasteiger partial charge in [-0.15, -0.1) is 0 Å². The zero-order valence-corrected chi connectivity index (χ0v) is 9.66. The number of nitrogen functional groups attached to an aromatic ring is 1. The Hall–Kier alpha value is -1.02. The van der Waals surface area contributed by atoms with Crippen molar-refractivity contribution in [2.75, 3.05) is 5.73 Å². The molecule has 2 N–H and O–H groups in total. The molecule has 0 spiro atoms. The molecule has 1 aromatic rings. The highest BCUT2D eigenvalue weighted by atomic mass is 15.2. The number of hydrogen-bond donors (Lipinski definition) is 1. The van der Waals surface area contributed by atoms with Gasteiger partial charge in [-0.2, -0.15) is 0 Å². The molecule has 1 heterocycles. The highest BCUT2D eigenvalue weighted by Crippen LogP contribution is 2.29. The molecule has 0 amide bonds. The van der Waals surface area contributed by atoms with Gasteiger partial charge in [0.1, 0.15) is 0 Å². The van der Waals surface area contributed by atoms with Crippen molar-refractivity contribution in [3.05, 3.63) is 29.3 Å². The maximum absolute atomic E-state index is 5.98. The average molecular weight is 204 g/mol. The van der Waals surface area contributed by atoms with E-state index in [1.54, 1.807) is 0 Å². The SMILES string of the molecule is CCCC(C)N1Cc2cccc(N)c2C1. The van der Waals surface area contributed by atoms with E-state index in [0.29, 0.717) is 6.04 Å². The summed E-state index contributed by atoms with van der Waals surface area (Å²) in [6, 6.07) is 6.93. The molecule has 0 saturated heterocycles. The van der Waals surface area contributed by atoms with Gasteiger partial charge in [0.15, 0.2) is 0 Å². The molecule has 1 aliphatic heterocycles. The molecule has 1 atom stereocenters. The van der Waals surface area contributed by atoms with E-state index in [0.717, 1.165) is 18.8 Å². The molecule has 0 aliphatic carbocycles. The molecule has 2 nitrogen and oxygen atoms in total. The summed E-state index contributed by atoms with van der Waals surface area (Å²) in [6.07, 6.45) is 2.53. The van der Waals surface area contributed by atoms with Crippen LogP contribution in [-0.2, 0) is 13.1 Å². The number of rotatable bonds is 3. The lowest BCUT2D eigenvalue weighted by atomic mass is 10.1. The smallest absolute Gasteiger partial charge is 0.0363 e. The molecular formula is C13H20N2. The Bertz CT molecular complexity index is 346. The third kappa shape index (κ3) is 2.00. The summed E-state index contributed by atoms with van der Waals surface area (Å²) in [6.45, 7) is 6.66. The molecule has 1 unspecified atom stereocenters. The molecule has 15 heavy (non-hydrogen) atoms.